The first kappa shape index (κ1) is 17.2. The van der Waals surface area contributed by atoms with Crippen LogP contribution in [0, 0.1) is 13.8 Å². The summed E-state index contributed by atoms with van der Waals surface area (Å²) in [6.45, 7) is 11.5. The molecular weight excluding hydrogens is 334 g/mol. The lowest BCUT2D eigenvalue weighted by Crippen LogP contribution is -2.47. The third-order valence-corrected chi connectivity index (χ3v) is 4.75. The smallest absolute Gasteiger partial charge is 0.227 e. The largest absolute Gasteiger partial charge is 0.378 e. The van der Waals surface area contributed by atoms with Crippen LogP contribution in [0.25, 0.3) is 0 Å². The molecule has 0 bridgehead atoms. The van der Waals surface area contributed by atoms with E-state index in [2.05, 4.69) is 35.9 Å². The van der Waals surface area contributed by atoms with Crippen molar-refractivity contribution in [3.8, 4) is 0 Å². The van der Waals surface area contributed by atoms with Crippen molar-refractivity contribution in [1.82, 2.24) is 25.0 Å². The standard InChI is InChI=1S/C17H25N7O2/c1-13-11-16(23-7-9-25-10-8-23)20-17(18-13)24-5-3-22(4-6-24)12-15-19-14(2)26-21-15/h11H,3-10,12H2,1-2H3. The second-order valence-electron chi connectivity index (χ2n) is 6.76. The van der Waals surface area contributed by atoms with Gasteiger partial charge in [-0.15, -0.1) is 0 Å². The van der Waals surface area contributed by atoms with Gasteiger partial charge in [0.25, 0.3) is 0 Å². The Labute approximate surface area is 153 Å². The van der Waals surface area contributed by atoms with Crippen molar-refractivity contribution >= 4 is 11.8 Å². The molecule has 0 N–H and O–H groups in total. The van der Waals surface area contributed by atoms with Gasteiger partial charge in [-0.2, -0.15) is 9.97 Å². The van der Waals surface area contributed by atoms with Gasteiger partial charge in [0.05, 0.1) is 19.8 Å². The average Bonchev–Trinajstić information content (AvgIpc) is 3.07. The fraction of sp³-hybridized carbons (Fsp3) is 0.647. The molecule has 26 heavy (non-hydrogen) atoms. The maximum absolute atomic E-state index is 5.44. The minimum absolute atomic E-state index is 0.613. The predicted octanol–water partition coefficient (Wildman–Crippen LogP) is 0.635. The monoisotopic (exact) mass is 359 g/mol. The molecule has 2 aromatic rings. The van der Waals surface area contributed by atoms with E-state index in [0.29, 0.717) is 5.89 Å². The minimum atomic E-state index is 0.613. The van der Waals surface area contributed by atoms with E-state index in [1.807, 2.05) is 13.8 Å². The lowest BCUT2D eigenvalue weighted by Gasteiger charge is -2.35. The molecule has 0 saturated carbocycles. The SMILES string of the molecule is Cc1cc(N2CCOCC2)nc(N2CCN(Cc3noc(C)n3)CC2)n1. The van der Waals surface area contributed by atoms with Gasteiger partial charge in [-0.3, -0.25) is 4.90 Å². The number of ether oxygens (including phenoxy) is 1. The number of piperazine rings is 1. The van der Waals surface area contributed by atoms with Crippen LogP contribution in [0.5, 0.6) is 0 Å². The highest BCUT2D eigenvalue weighted by Crippen LogP contribution is 2.20. The maximum atomic E-state index is 5.44. The molecule has 0 aromatic carbocycles. The average molecular weight is 359 g/mol. The van der Waals surface area contributed by atoms with Gasteiger partial charge in [0, 0.05) is 58.0 Å². The molecule has 2 aromatic heterocycles. The summed E-state index contributed by atoms with van der Waals surface area (Å²) in [5.41, 5.74) is 1.00. The second kappa shape index (κ2) is 7.55. The second-order valence-corrected chi connectivity index (χ2v) is 6.76. The van der Waals surface area contributed by atoms with E-state index < -0.39 is 0 Å². The van der Waals surface area contributed by atoms with Crippen LogP contribution in [-0.4, -0.2) is 77.5 Å². The topological polar surface area (TPSA) is 83.7 Å². The number of hydrogen-bond acceptors (Lipinski definition) is 9. The molecule has 0 atom stereocenters. The zero-order chi connectivity index (χ0) is 17.9. The molecule has 4 heterocycles. The molecule has 140 valence electrons. The molecule has 0 amide bonds. The third kappa shape index (κ3) is 3.94. The van der Waals surface area contributed by atoms with E-state index in [0.717, 1.165) is 82.3 Å². The van der Waals surface area contributed by atoms with Crippen molar-refractivity contribution in [3.05, 3.63) is 23.5 Å². The van der Waals surface area contributed by atoms with Crippen molar-refractivity contribution in [2.75, 3.05) is 62.3 Å². The van der Waals surface area contributed by atoms with E-state index in [4.69, 9.17) is 14.2 Å². The number of aromatic nitrogens is 4. The molecule has 2 aliphatic heterocycles. The van der Waals surface area contributed by atoms with Crippen molar-refractivity contribution in [1.29, 1.82) is 0 Å². The van der Waals surface area contributed by atoms with Crippen molar-refractivity contribution in [2.45, 2.75) is 20.4 Å². The highest BCUT2D eigenvalue weighted by molar-refractivity contribution is 5.46. The van der Waals surface area contributed by atoms with Crippen LogP contribution in [0.15, 0.2) is 10.6 Å². The van der Waals surface area contributed by atoms with Gasteiger partial charge in [-0.05, 0) is 6.92 Å². The number of hydrogen-bond donors (Lipinski definition) is 0. The molecule has 0 unspecified atom stereocenters. The van der Waals surface area contributed by atoms with Gasteiger partial charge in [-0.1, -0.05) is 5.16 Å². The molecule has 0 radical (unpaired) electrons. The third-order valence-electron chi connectivity index (χ3n) is 4.75. The molecule has 2 fully saturated rings. The first-order chi connectivity index (χ1) is 12.7. The highest BCUT2D eigenvalue weighted by Gasteiger charge is 2.22. The summed E-state index contributed by atoms with van der Waals surface area (Å²) in [7, 11) is 0. The Morgan fingerprint density at radius 3 is 2.38 bits per heavy atom. The van der Waals surface area contributed by atoms with E-state index in [-0.39, 0.29) is 0 Å². The van der Waals surface area contributed by atoms with Crippen LogP contribution in [0.3, 0.4) is 0 Å². The molecule has 2 saturated heterocycles. The van der Waals surface area contributed by atoms with Gasteiger partial charge in [-0.25, -0.2) is 4.98 Å². The van der Waals surface area contributed by atoms with Crippen LogP contribution in [0.2, 0.25) is 0 Å². The van der Waals surface area contributed by atoms with E-state index in [1.165, 1.54) is 0 Å². The Kier molecular flexibility index (Phi) is 4.98. The number of anilines is 2. The fourth-order valence-corrected chi connectivity index (χ4v) is 3.34. The van der Waals surface area contributed by atoms with E-state index >= 15 is 0 Å². The quantitative estimate of drug-likeness (QED) is 0.780. The zero-order valence-corrected chi connectivity index (χ0v) is 15.4. The lowest BCUT2D eigenvalue weighted by atomic mass is 10.3. The molecule has 0 aliphatic carbocycles. The first-order valence-electron chi connectivity index (χ1n) is 9.12. The summed E-state index contributed by atoms with van der Waals surface area (Å²) in [6, 6.07) is 2.06. The number of rotatable bonds is 4. The van der Waals surface area contributed by atoms with Crippen molar-refractivity contribution < 1.29 is 9.26 Å². The summed E-state index contributed by atoms with van der Waals surface area (Å²) in [5, 5.41) is 3.98. The van der Waals surface area contributed by atoms with Crippen LogP contribution in [0.4, 0.5) is 11.8 Å². The molecule has 9 heteroatoms. The number of aryl methyl sites for hydroxylation is 2. The van der Waals surface area contributed by atoms with Gasteiger partial charge in [0.2, 0.25) is 11.8 Å². The van der Waals surface area contributed by atoms with Gasteiger partial charge < -0.3 is 19.1 Å². The van der Waals surface area contributed by atoms with Crippen LogP contribution < -0.4 is 9.80 Å². The van der Waals surface area contributed by atoms with Crippen molar-refractivity contribution in [3.63, 3.8) is 0 Å². The number of nitrogens with zero attached hydrogens (tertiary/aromatic N) is 7. The number of morpholine rings is 1. The predicted molar refractivity (Wildman–Crippen MR) is 96.3 cm³/mol. The van der Waals surface area contributed by atoms with Gasteiger partial charge in [0.15, 0.2) is 5.82 Å². The van der Waals surface area contributed by atoms with Crippen molar-refractivity contribution in [2.24, 2.45) is 0 Å². The molecule has 2 aliphatic rings. The van der Waals surface area contributed by atoms with Crippen LogP contribution in [0.1, 0.15) is 17.4 Å². The van der Waals surface area contributed by atoms with Gasteiger partial charge in [0.1, 0.15) is 5.82 Å². The summed E-state index contributed by atoms with van der Waals surface area (Å²) >= 11 is 0. The normalized spacial score (nSPS) is 19.2. The summed E-state index contributed by atoms with van der Waals surface area (Å²) in [6.07, 6.45) is 0. The van der Waals surface area contributed by atoms with E-state index in [1.54, 1.807) is 0 Å². The highest BCUT2D eigenvalue weighted by atomic mass is 16.5. The molecular formula is C17H25N7O2. The minimum Gasteiger partial charge on any atom is -0.378 e. The van der Waals surface area contributed by atoms with E-state index in [9.17, 15) is 0 Å². The van der Waals surface area contributed by atoms with Crippen LogP contribution in [-0.2, 0) is 11.3 Å². The Morgan fingerprint density at radius 1 is 0.923 bits per heavy atom. The zero-order valence-electron chi connectivity index (χ0n) is 15.4. The summed E-state index contributed by atoms with van der Waals surface area (Å²) < 4.78 is 10.5. The van der Waals surface area contributed by atoms with Gasteiger partial charge >= 0.3 is 0 Å². The van der Waals surface area contributed by atoms with Crippen LogP contribution >= 0.6 is 0 Å². The summed E-state index contributed by atoms with van der Waals surface area (Å²) in [4.78, 5) is 20.6. The Balaban J connectivity index is 1.39. The fourth-order valence-electron chi connectivity index (χ4n) is 3.34. The Hall–Kier alpha value is -2.26. The molecule has 0 spiro atoms. The molecule has 9 nitrogen and oxygen atoms in total. The first-order valence-corrected chi connectivity index (χ1v) is 9.12. The summed E-state index contributed by atoms with van der Waals surface area (Å²) in [5.74, 6) is 3.18. The maximum Gasteiger partial charge on any atom is 0.227 e. The molecule has 4 rings (SSSR count). The Bertz CT molecular complexity index is 736. The lowest BCUT2D eigenvalue weighted by molar-refractivity contribution is 0.122. The Morgan fingerprint density at radius 2 is 1.69 bits per heavy atom.